The molecular weight excluding hydrogens is 371 g/mol. The Morgan fingerprint density at radius 3 is 1.85 bits per heavy atom. The van der Waals surface area contributed by atoms with Gasteiger partial charge in [-0.15, -0.1) is 24.8 Å². The summed E-state index contributed by atoms with van der Waals surface area (Å²) in [7, 11) is 3.39. The average Bonchev–Trinajstić information content (AvgIpc) is 2.82. The first-order chi connectivity index (χ1) is 11.7. The van der Waals surface area contributed by atoms with Gasteiger partial charge in [0.25, 0.3) is 0 Å². The topological polar surface area (TPSA) is 47.7 Å². The zero-order valence-electron chi connectivity index (χ0n) is 15.4. The highest BCUT2D eigenvalue weighted by atomic mass is 35.5. The van der Waals surface area contributed by atoms with E-state index in [1.54, 1.807) is 14.2 Å². The van der Waals surface area contributed by atoms with E-state index in [-0.39, 0.29) is 24.8 Å². The van der Waals surface area contributed by atoms with E-state index in [4.69, 9.17) is 15.2 Å². The number of benzene rings is 2. The number of methoxy groups -OCH3 is 2. The lowest BCUT2D eigenvalue weighted by atomic mass is 10.0. The molecule has 1 aliphatic heterocycles. The fraction of sp³-hybridized carbons (Fsp3) is 0.400. The number of fused-ring (bicyclic) bond motifs is 1. The molecule has 0 fully saturated rings. The summed E-state index contributed by atoms with van der Waals surface area (Å²) in [6, 6.07) is 12.5. The Bertz CT molecular complexity index is 658. The van der Waals surface area contributed by atoms with Crippen LogP contribution in [0, 0.1) is 0 Å². The molecule has 6 heteroatoms. The number of halogens is 2. The van der Waals surface area contributed by atoms with Crippen LogP contribution in [0.4, 0.5) is 5.69 Å². The molecule has 144 valence electrons. The summed E-state index contributed by atoms with van der Waals surface area (Å²) in [4.78, 5) is 2.54. The highest BCUT2D eigenvalue weighted by Crippen LogP contribution is 2.32. The van der Waals surface area contributed by atoms with Crippen LogP contribution in [0.3, 0.4) is 0 Å². The molecule has 4 nitrogen and oxygen atoms in total. The van der Waals surface area contributed by atoms with Crippen LogP contribution in [0.5, 0.6) is 11.5 Å². The van der Waals surface area contributed by atoms with E-state index >= 15 is 0 Å². The molecule has 0 spiro atoms. The number of hydrogen-bond donors (Lipinski definition) is 1. The zero-order valence-corrected chi connectivity index (χ0v) is 17.0. The molecule has 0 saturated heterocycles. The summed E-state index contributed by atoms with van der Waals surface area (Å²) < 4.78 is 10.9. The van der Waals surface area contributed by atoms with Crippen molar-refractivity contribution in [3.8, 4) is 11.5 Å². The number of nitrogen functional groups attached to an aromatic ring is 1. The maximum Gasteiger partial charge on any atom is 0.161 e. The maximum atomic E-state index is 5.75. The second-order valence-corrected chi connectivity index (χ2v) is 6.31. The minimum atomic E-state index is 0. The average molecular weight is 399 g/mol. The van der Waals surface area contributed by atoms with Crippen LogP contribution in [-0.4, -0.2) is 38.8 Å². The van der Waals surface area contributed by atoms with Crippen molar-refractivity contribution in [3.05, 3.63) is 53.1 Å². The fourth-order valence-electron chi connectivity index (χ4n) is 3.29. The van der Waals surface area contributed by atoms with Crippen molar-refractivity contribution in [2.75, 3.05) is 39.6 Å². The first-order valence-electron chi connectivity index (χ1n) is 8.50. The molecule has 1 aliphatic rings. The van der Waals surface area contributed by atoms with Gasteiger partial charge in [0.1, 0.15) is 0 Å². The molecule has 0 atom stereocenters. The lowest BCUT2D eigenvalue weighted by molar-refractivity contribution is 0.291. The quantitative estimate of drug-likeness (QED) is 0.778. The van der Waals surface area contributed by atoms with Gasteiger partial charge in [-0.2, -0.15) is 0 Å². The molecule has 0 amide bonds. The molecule has 0 bridgehead atoms. The van der Waals surface area contributed by atoms with Crippen molar-refractivity contribution in [1.82, 2.24) is 4.90 Å². The molecule has 2 aromatic rings. The first-order valence-corrected chi connectivity index (χ1v) is 8.50. The van der Waals surface area contributed by atoms with Gasteiger partial charge in [0.05, 0.1) is 14.2 Å². The smallest absolute Gasteiger partial charge is 0.161 e. The van der Waals surface area contributed by atoms with Crippen LogP contribution in [0.1, 0.15) is 16.7 Å². The third-order valence-electron chi connectivity index (χ3n) is 4.80. The summed E-state index contributed by atoms with van der Waals surface area (Å²) in [6.07, 6.45) is 3.16. The van der Waals surface area contributed by atoms with Crippen LogP contribution >= 0.6 is 24.8 Å². The Labute approximate surface area is 168 Å². The Hall–Kier alpha value is -1.62. The van der Waals surface area contributed by atoms with Gasteiger partial charge in [0, 0.05) is 25.3 Å². The molecule has 0 aliphatic carbocycles. The molecule has 2 aromatic carbocycles. The number of nitrogens with two attached hydrogens (primary N) is 1. The third kappa shape index (κ3) is 5.44. The number of ether oxygens (including phenoxy) is 2. The summed E-state index contributed by atoms with van der Waals surface area (Å²) in [5, 5.41) is 0. The van der Waals surface area contributed by atoms with Gasteiger partial charge in [-0.3, -0.25) is 0 Å². The zero-order chi connectivity index (χ0) is 16.9. The minimum absolute atomic E-state index is 0. The summed E-state index contributed by atoms with van der Waals surface area (Å²) in [5.41, 5.74) is 10.7. The van der Waals surface area contributed by atoms with Crippen LogP contribution in [0.2, 0.25) is 0 Å². The van der Waals surface area contributed by atoms with E-state index in [2.05, 4.69) is 29.2 Å². The first kappa shape index (κ1) is 22.4. The summed E-state index contributed by atoms with van der Waals surface area (Å²) >= 11 is 0. The predicted molar refractivity (Wildman–Crippen MR) is 112 cm³/mol. The highest BCUT2D eigenvalue weighted by molar-refractivity contribution is 5.85. The van der Waals surface area contributed by atoms with Crippen molar-refractivity contribution in [2.24, 2.45) is 0 Å². The van der Waals surface area contributed by atoms with E-state index in [1.165, 1.54) is 16.7 Å². The van der Waals surface area contributed by atoms with Crippen molar-refractivity contribution >= 4 is 30.5 Å². The standard InChI is InChI=1S/C20H26N2O2.2ClH/c1-23-19-13-16-8-11-22(12-9-17(16)14-20(19)24-2)10-7-15-3-5-18(21)6-4-15;;/h3-6,13-14H,7-12,21H2,1-2H3;2*1H. The summed E-state index contributed by atoms with van der Waals surface area (Å²) in [6.45, 7) is 3.24. The maximum absolute atomic E-state index is 5.75. The van der Waals surface area contributed by atoms with Gasteiger partial charge in [-0.05, 0) is 60.2 Å². The van der Waals surface area contributed by atoms with Gasteiger partial charge in [0.15, 0.2) is 11.5 Å². The Kier molecular flexibility index (Phi) is 9.06. The Morgan fingerprint density at radius 1 is 0.885 bits per heavy atom. The second-order valence-electron chi connectivity index (χ2n) is 6.31. The molecule has 3 rings (SSSR count). The van der Waals surface area contributed by atoms with E-state index in [9.17, 15) is 0 Å². The number of hydrogen-bond acceptors (Lipinski definition) is 4. The Morgan fingerprint density at radius 2 is 1.38 bits per heavy atom. The van der Waals surface area contributed by atoms with Crippen LogP contribution < -0.4 is 15.2 Å². The highest BCUT2D eigenvalue weighted by Gasteiger charge is 2.17. The van der Waals surface area contributed by atoms with E-state index < -0.39 is 0 Å². The fourth-order valence-corrected chi connectivity index (χ4v) is 3.29. The molecule has 1 heterocycles. The van der Waals surface area contributed by atoms with Gasteiger partial charge < -0.3 is 20.1 Å². The van der Waals surface area contributed by atoms with Crippen LogP contribution in [-0.2, 0) is 19.3 Å². The van der Waals surface area contributed by atoms with Crippen molar-refractivity contribution in [2.45, 2.75) is 19.3 Å². The lowest BCUT2D eigenvalue weighted by Crippen LogP contribution is -2.28. The third-order valence-corrected chi connectivity index (χ3v) is 4.80. The van der Waals surface area contributed by atoms with Crippen molar-refractivity contribution < 1.29 is 9.47 Å². The molecule has 26 heavy (non-hydrogen) atoms. The SMILES string of the molecule is COc1cc2c(cc1OC)CCN(CCc1ccc(N)cc1)CC2.Cl.Cl. The van der Waals surface area contributed by atoms with E-state index in [0.29, 0.717) is 0 Å². The monoisotopic (exact) mass is 398 g/mol. The normalized spacial score (nSPS) is 13.6. The molecule has 0 aromatic heterocycles. The van der Waals surface area contributed by atoms with E-state index in [0.717, 1.165) is 56.1 Å². The molecule has 2 N–H and O–H groups in total. The van der Waals surface area contributed by atoms with Crippen LogP contribution in [0.15, 0.2) is 36.4 Å². The van der Waals surface area contributed by atoms with Gasteiger partial charge >= 0.3 is 0 Å². The molecule has 0 unspecified atom stereocenters. The second kappa shape index (κ2) is 10.5. The Balaban J connectivity index is 0.00000169. The van der Waals surface area contributed by atoms with Gasteiger partial charge in [0.2, 0.25) is 0 Å². The summed E-state index contributed by atoms with van der Waals surface area (Å²) in [5.74, 6) is 1.65. The number of rotatable bonds is 5. The van der Waals surface area contributed by atoms with Gasteiger partial charge in [-0.1, -0.05) is 12.1 Å². The largest absolute Gasteiger partial charge is 0.493 e. The van der Waals surface area contributed by atoms with E-state index in [1.807, 2.05) is 12.1 Å². The number of nitrogens with zero attached hydrogens (tertiary/aromatic N) is 1. The number of anilines is 1. The molecule has 0 radical (unpaired) electrons. The lowest BCUT2D eigenvalue weighted by Gasteiger charge is -2.19. The predicted octanol–water partition coefficient (Wildman–Crippen LogP) is 3.77. The van der Waals surface area contributed by atoms with Gasteiger partial charge in [-0.25, -0.2) is 0 Å². The van der Waals surface area contributed by atoms with Crippen molar-refractivity contribution in [1.29, 1.82) is 0 Å². The molecular formula is C20H28Cl2N2O2. The minimum Gasteiger partial charge on any atom is -0.493 e. The van der Waals surface area contributed by atoms with Crippen molar-refractivity contribution in [3.63, 3.8) is 0 Å². The van der Waals surface area contributed by atoms with Crippen LogP contribution in [0.25, 0.3) is 0 Å². The molecule has 0 saturated carbocycles.